The molecular weight excluding hydrogens is 132 g/mol. The summed E-state index contributed by atoms with van der Waals surface area (Å²) in [6, 6.07) is 0. The molecule has 0 radical (unpaired) electrons. The summed E-state index contributed by atoms with van der Waals surface area (Å²) in [7, 11) is 0. The van der Waals surface area contributed by atoms with Crippen LogP contribution in [0.1, 0.15) is 6.92 Å². The van der Waals surface area contributed by atoms with Crippen LogP contribution < -0.4 is 0 Å². The molecule has 1 aliphatic rings. The fourth-order valence-corrected chi connectivity index (χ4v) is 2.38. The summed E-state index contributed by atoms with van der Waals surface area (Å²) in [4.78, 5) is 11.4. The van der Waals surface area contributed by atoms with Gasteiger partial charge in [0.05, 0.1) is 0 Å². The highest BCUT2D eigenvalue weighted by molar-refractivity contribution is 6.27. The smallest absolute Gasteiger partial charge is 0.366 e. The van der Waals surface area contributed by atoms with Crippen LogP contribution in [-0.2, 0) is 4.79 Å². The monoisotopic (exact) mass is 141 g/mol. The van der Waals surface area contributed by atoms with Gasteiger partial charge in [-0.1, -0.05) is 6.92 Å². The Hall–Kier alpha value is 0.535. The summed E-state index contributed by atoms with van der Waals surface area (Å²) in [5, 5.41) is 0. The zero-order valence-corrected chi connectivity index (χ0v) is 9.51. The topological polar surface area (TPSA) is 20.3 Å². The fraction of sp³-hybridized carbons (Fsp3) is 0.750. The maximum atomic E-state index is 10.8. The third-order valence-corrected chi connectivity index (χ3v) is 6.13. The molecule has 1 fully saturated rings. The van der Waals surface area contributed by atoms with Crippen LogP contribution >= 0.6 is 0 Å². The second kappa shape index (κ2) is 2.05. The van der Waals surface area contributed by atoms with Gasteiger partial charge in [0, 0.05) is 5.92 Å². The first-order chi connectivity index (χ1) is 3.64. The molecule has 0 spiro atoms. The SMILES string of the molecule is CC1C(=O)[N]([AlH2])[CH]1[AlH2]. The van der Waals surface area contributed by atoms with Crippen LogP contribution in [0.25, 0.3) is 0 Å². The first-order valence-electron chi connectivity index (χ1n) is 2.91. The van der Waals surface area contributed by atoms with Gasteiger partial charge in [0.1, 0.15) is 0 Å². The number of amides is 1. The summed E-state index contributed by atoms with van der Waals surface area (Å²) in [6.07, 6.45) is 0. The van der Waals surface area contributed by atoms with E-state index in [1.807, 2.05) is 10.8 Å². The number of hydrogen-bond donors (Lipinski definition) is 0. The molecule has 2 unspecified atom stereocenters. The van der Waals surface area contributed by atoms with Crippen molar-refractivity contribution in [1.29, 1.82) is 0 Å². The highest BCUT2D eigenvalue weighted by atomic mass is 27.1. The lowest BCUT2D eigenvalue weighted by Crippen LogP contribution is -2.58. The van der Waals surface area contributed by atoms with E-state index in [0.29, 0.717) is 16.7 Å². The van der Waals surface area contributed by atoms with E-state index in [0.717, 1.165) is 32.8 Å². The highest BCUT2D eigenvalue weighted by Crippen LogP contribution is 2.19. The molecule has 0 bridgehead atoms. The van der Waals surface area contributed by atoms with Crippen molar-refractivity contribution in [2.75, 3.05) is 0 Å². The normalized spacial score (nSPS) is 37.1. The van der Waals surface area contributed by atoms with Crippen molar-refractivity contribution in [2.45, 2.75) is 11.8 Å². The van der Waals surface area contributed by atoms with Crippen molar-refractivity contribution in [1.82, 2.24) is 3.88 Å². The predicted octanol–water partition coefficient (Wildman–Crippen LogP) is -2.03. The molecule has 2 nitrogen and oxygen atoms in total. The molecule has 1 saturated heterocycles. The van der Waals surface area contributed by atoms with Crippen LogP contribution in [0.5, 0.6) is 0 Å². The van der Waals surface area contributed by atoms with Gasteiger partial charge in [-0.05, 0) is 4.90 Å². The largest absolute Gasteiger partial charge is 0.449 e. The van der Waals surface area contributed by atoms with E-state index < -0.39 is 0 Å². The minimum Gasteiger partial charge on any atom is -0.449 e. The summed E-state index contributed by atoms with van der Waals surface area (Å²) >= 11 is 2.08. The summed E-state index contributed by atoms with van der Waals surface area (Å²) < 4.78 is 1.97. The lowest BCUT2D eigenvalue weighted by atomic mass is 10.1. The predicted molar refractivity (Wildman–Crippen MR) is 36.9 cm³/mol. The van der Waals surface area contributed by atoms with Crippen LogP contribution in [0.3, 0.4) is 0 Å². The van der Waals surface area contributed by atoms with Gasteiger partial charge in [-0.25, -0.2) is 0 Å². The molecule has 1 aliphatic heterocycles. The molecular formula is C4H9Al2NO. The fourth-order valence-electron chi connectivity index (χ4n) is 0.982. The van der Waals surface area contributed by atoms with Crippen LogP contribution in [0, 0.1) is 5.92 Å². The molecule has 2 atom stereocenters. The minimum atomic E-state index is 0.360. The van der Waals surface area contributed by atoms with Gasteiger partial charge < -0.3 is 3.88 Å². The van der Waals surface area contributed by atoms with Crippen LogP contribution in [0.2, 0.25) is 0 Å². The first kappa shape index (κ1) is 6.65. The lowest BCUT2D eigenvalue weighted by molar-refractivity contribution is -0.141. The Kier molecular flexibility index (Phi) is 1.70. The summed E-state index contributed by atoms with van der Waals surface area (Å²) in [5.41, 5.74) is 0. The highest BCUT2D eigenvalue weighted by Gasteiger charge is 2.35. The van der Waals surface area contributed by atoms with Crippen molar-refractivity contribution < 1.29 is 4.79 Å². The van der Waals surface area contributed by atoms with Crippen molar-refractivity contribution >= 4 is 38.7 Å². The molecule has 1 heterocycles. The number of carbonyl (C=O) groups excluding carboxylic acids is 1. The van der Waals surface area contributed by atoms with Gasteiger partial charge in [0.15, 0.2) is 0 Å². The average Bonchev–Trinajstić information content (AvgIpc) is 1.83. The Morgan fingerprint density at radius 3 is 2.38 bits per heavy atom. The molecule has 42 valence electrons. The van der Waals surface area contributed by atoms with Crippen LogP contribution in [0.15, 0.2) is 0 Å². The third-order valence-electron chi connectivity index (χ3n) is 2.07. The molecule has 0 aromatic rings. The molecule has 0 aromatic carbocycles. The van der Waals surface area contributed by atoms with Crippen molar-refractivity contribution in [3.05, 3.63) is 0 Å². The molecule has 0 N–H and O–H groups in total. The van der Waals surface area contributed by atoms with Gasteiger partial charge >= 0.3 is 16.5 Å². The molecule has 1 amide bonds. The Morgan fingerprint density at radius 2 is 2.25 bits per heavy atom. The zero-order valence-electron chi connectivity index (χ0n) is 5.51. The number of hydrogen-bond acceptors (Lipinski definition) is 1. The Morgan fingerprint density at radius 1 is 1.75 bits per heavy atom. The van der Waals surface area contributed by atoms with E-state index in [4.69, 9.17) is 0 Å². The van der Waals surface area contributed by atoms with Crippen molar-refractivity contribution in [3.63, 3.8) is 0 Å². The number of β-lactam (4-membered cyclic amide) rings is 1. The van der Waals surface area contributed by atoms with Gasteiger partial charge in [0.25, 0.3) is 0 Å². The second-order valence-corrected chi connectivity index (χ2v) is 4.63. The number of carbonyl (C=O) groups is 1. The first-order valence-corrected chi connectivity index (χ1v) is 4.96. The van der Waals surface area contributed by atoms with Crippen LogP contribution in [0.4, 0.5) is 0 Å². The average molecular weight is 141 g/mol. The van der Waals surface area contributed by atoms with E-state index in [1.54, 1.807) is 0 Å². The van der Waals surface area contributed by atoms with Gasteiger partial charge in [-0.2, -0.15) is 0 Å². The molecule has 1 rings (SSSR count). The van der Waals surface area contributed by atoms with E-state index in [1.165, 1.54) is 0 Å². The Labute approximate surface area is 65.3 Å². The maximum absolute atomic E-state index is 10.8. The van der Waals surface area contributed by atoms with E-state index in [2.05, 4.69) is 0 Å². The second-order valence-electron chi connectivity index (χ2n) is 2.48. The molecule has 0 aliphatic carbocycles. The molecule has 4 heteroatoms. The standard InChI is InChI=1S/C4H5NO.2Al.4H/c1-3-2-5-4(3)6;;;;;;/h2-3H,1H3;;;;;;/q-1;;+1;;;;. The minimum absolute atomic E-state index is 0.360. The van der Waals surface area contributed by atoms with E-state index in [9.17, 15) is 4.79 Å². The number of nitrogens with zero attached hydrogens (tertiary/aromatic N) is 1. The summed E-state index contributed by atoms with van der Waals surface area (Å²) in [5.74, 6) is 0.732. The Balaban J connectivity index is 2.55. The van der Waals surface area contributed by atoms with Gasteiger partial charge in [-0.15, -0.1) is 0 Å². The van der Waals surface area contributed by atoms with Crippen LogP contribution in [-0.4, -0.2) is 47.5 Å². The van der Waals surface area contributed by atoms with Crippen molar-refractivity contribution in [2.24, 2.45) is 5.92 Å². The zero-order chi connectivity index (χ0) is 6.31. The lowest BCUT2D eigenvalue weighted by Gasteiger charge is -2.44. The maximum Gasteiger partial charge on any atom is 0.366 e. The molecule has 0 saturated carbocycles. The molecule has 8 heavy (non-hydrogen) atoms. The van der Waals surface area contributed by atoms with E-state index >= 15 is 0 Å². The van der Waals surface area contributed by atoms with Gasteiger partial charge in [-0.3, -0.25) is 4.79 Å². The number of rotatable bonds is 0. The third kappa shape index (κ3) is 0.732. The summed E-state index contributed by atoms with van der Waals surface area (Å²) in [6.45, 7) is 2.02. The van der Waals surface area contributed by atoms with E-state index in [-0.39, 0.29) is 0 Å². The van der Waals surface area contributed by atoms with Gasteiger partial charge in [0.2, 0.25) is 22.2 Å². The van der Waals surface area contributed by atoms with Crippen molar-refractivity contribution in [3.8, 4) is 0 Å². The quantitative estimate of drug-likeness (QED) is 0.281. The Bertz CT molecular complexity index is 115. The molecule has 0 aromatic heterocycles.